The zero-order chi connectivity index (χ0) is 13.9. The minimum atomic E-state index is 0.261. The van der Waals surface area contributed by atoms with Crippen molar-refractivity contribution >= 4 is 16.3 Å². The largest absolute Gasteiger partial charge is 0.310 e. The minimum absolute atomic E-state index is 0.261. The normalized spacial score (nSPS) is 12.9. The second kappa shape index (κ2) is 5.73. The van der Waals surface area contributed by atoms with E-state index >= 15 is 0 Å². The molecular formula is C15H18N4S. The maximum Gasteiger partial charge on any atom is 0.193 e. The first-order valence-electron chi connectivity index (χ1n) is 6.82. The van der Waals surface area contributed by atoms with E-state index in [9.17, 15) is 0 Å². The summed E-state index contributed by atoms with van der Waals surface area (Å²) in [5.74, 6) is 0. The third-order valence-electron chi connectivity index (χ3n) is 3.31. The molecule has 1 atom stereocenters. The molecule has 0 bridgehead atoms. The van der Waals surface area contributed by atoms with Crippen molar-refractivity contribution < 1.29 is 0 Å². The Kier molecular flexibility index (Phi) is 3.80. The lowest BCUT2D eigenvalue weighted by Gasteiger charge is -2.17. The number of rotatable bonds is 5. The number of aryl methyl sites for hydroxylation is 1. The van der Waals surface area contributed by atoms with Crippen molar-refractivity contribution in [2.45, 2.75) is 26.3 Å². The molecule has 0 spiro atoms. The smallest absolute Gasteiger partial charge is 0.193 e. The lowest BCUT2D eigenvalue weighted by Crippen LogP contribution is -2.23. The number of hydrogen-bond acceptors (Lipinski definition) is 4. The van der Waals surface area contributed by atoms with Gasteiger partial charge in [0.05, 0.1) is 5.69 Å². The predicted molar refractivity (Wildman–Crippen MR) is 82.2 cm³/mol. The number of aromatic nitrogens is 3. The number of fused-ring (bicyclic) bond motifs is 1. The van der Waals surface area contributed by atoms with E-state index in [0.717, 1.165) is 23.6 Å². The maximum atomic E-state index is 4.66. The summed E-state index contributed by atoms with van der Waals surface area (Å²) in [7, 11) is 0. The summed E-state index contributed by atoms with van der Waals surface area (Å²) < 4.78 is 2.08. The first kappa shape index (κ1) is 13.3. The van der Waals surface area contributed by atoms with E-state index in [-0.39, 0.29) is 6.04 Å². The quantitative estimate of drug-likeness (QED) is 0.784. The third kappa shape index (κ3) is 2.73. The Bertz CT molecular complexity index is 672. The van der Waals surface area contributed by atoms with Crippen LogP contribution in [0.25, 0.3) is 4.96 Å². The van der Waals surface area contributed by atoms with E-state index in [1.54, 1.807) is 11.3 Å². The van der Waals surface area contributed by atoms with Gasteiger partial charge in [-0.15, -0.1) is 11.3 Å². The molecule has 0 radical (unpaired) electrons. The van der Waals surface area contributed by atoms with E-state index in [4.69, 9.17) is 0 Å². The van der Waals surface area contributed by atoms with Crippen LogP contribution in [0.15, 0.2) is 36.2 Å². The molecule has 0 aliphatic heterocycles. The summed E-state index contributed by atoms with van der Waals surface area (Å²) in [6.07, 6.45) is 8.87. The van der Waals surface area contributed by atoms with Crippen molar-refractivity contribution in [3.63, 3.8) is 0 Å². The lowest BCUT2D eigenvalue weighted by atomic mass is 10.0. The maximum absolute atomic E-state index is 4.66. The number of thiazole rings is 1. The van der Waals surface area contributed by atoms with Crippen LogP contribution in [0.5, 0.6) is 0 Å². The van der Waals surface area contributed by atoms with Gasteiger partial charge in [-0.25, -0.2) is 4.98 Å². The van der Waals surface area contributed by atoms with E-state index in [2.05, 4.69) is 51.2 Å². The van der Waals surface area contributed by atoms with E-state index < -0.39 is 0 Å². The highest BCUT2D eigenvalue weighted by Gasteiger charge is 2.14. The molecule has 4 nitrogen and oxygen atoms in total. The van der Waals surface area contributed by atoms with Gasteiger partial charge in [-0.2, -0.15) is 0 Å². The van der Waals surface area contributed by atoms with Crippen LogP contribution in [-0.2, 0) is 6.42 Å². The Balaban J connectivity index is 1.85. The van der Waals surface area contributed by atoms with Crippen LogP contribution in [-0.4, -0.2) is 20.9 Å². The Morgan fingerprint density at radius 1 is 1.40 bits per heavy atom. The van der Waals surface area contributed by atoms with Gasteiger partial charge in [0, 0.05) is 42.6 Å². The molecule has 3 rings (SSSR count). The zero-order valence-electron chi connectivity index (χ0n) is 11.7. The number of likely N-dealkylation sites (N-methyl/N-ethyl adjacent to an activating group) is 1. The van der Waals surface area contributed by atoms with Gasteiger partial charge >= 0.3 is 0 Å². The Hall–Kier alpha value is -1.72. The van der Waals surface area contributed by atoms with Crippen LogP contribution in [0.4, 0.5) is 0 Å². The first-order chi connectivity index (χ1) is 9.76. The molecule has 1 N–H and O–H groups in total. The molecule has 0 saturated heterocycles. The third-order valence-corrected chi connectivity index (χ3v) is 4.08. The Morgan fingerprint density at radius 2 is 2.30 bits per heavy atom. The molecule has 0 fully saturated rings. The van der Waals surface area contributed by atoms with E-state index in [1.165, 1.54) is 11.1 Å². The van der Waals surface area contributed by atoms with Crippen molar-refractivity contribution in [3.8, 4) is 0 Å². The molecule has 0 aliphatic carbocycles. The minimum Gasteiger partial charge on any atom is -0.310 e. The van der Waals surface area contributed by atoms with Crippen LogP contribution >= 0.6 is 11.3 Å². The van der Waals surface area contributed by atoms with Crippen LogP contribution in [0, 0.1) is 6.92 Å². The van der Waals surface area contributed by atoms with Crippen molar-refractivity contribution in [3.05, 3.63) is 53.1 Å². The van der Waals surface area contributed by atoms with Crippen LogP contribution < -0.4 is 5.32 Å². The Labute approximate surface area is 122 Å². The molecule has 0 saturated carbocycles. The molecule has 3 aromatic rings. The fraction of sp³-hybridized carbons (Fsp3) is 0.333. The second-order valence-corrected chi connectivity index (χ2v) is 5.81. The van der Waals surface area contributed by atoms with Gasteiger partial charge in [0.2, 0.25) is 0 Å². The lowest BCUT2D eigenvalue weighted by molar-refractivity contribution is 0.543. The van der Waals surface area contributed by atoms with Crippen LogP contribution in [0.1, 0.15) is 29.8 Å². The van der Waals surface area contributed by atoms with Gasteiger partial charge in [-0.3, -0.25) is 9.38 Å². The highest BCUT2D eigenvalue weighted by molar-refractivity contribution is 7.15. The zero-order valence-corrected chi connectivity index (χ0v) is 12.5. The summed E-state index contributed by atoms with van der Waals surface area (Å²) in [5, 5.41) is 5.58. The van der Waals surface area contributed by atoms with E-state index in [1.807, 2.05) is 18.6 Å². The molecule has 0 aliphatic rings. The number of hydrogen-bond donors (Lipinski definition) is 1. The standard InChI is InChI=1S/C15H18N4S/c1-3-17-14(12-6-11(2)8-16-9-12)7-13-10-19-4-5-20-15(19)18-13/h4-6,8-10,14,17H,3,7H2,1-2H3. The molecule has 1 unspecified atom stereocenters. The average Bonchev–Trinajstić information content (AvgIpc) is 2.99. The second-order valence-electron chi connectivity index (χ2n) is 4.94. The fourth-order valence-electron chi connectivity index (χ4n) is 2.41. The predicted octanol–water partition coefficient (Wildman–Crippen LogP) is 2.99. The first-order valence-corrected chi connectivity index (χ1v) is 7.70. The number of nitrogens with one attached hydrogen (secondary N) is 1. The molecule has 104 valence electrons. The van der Waals surface area contributed by atoms with E-state index in [0.29, 0.717) is 0 Å². The molecule has 5 heteroatoms. The van der Waals surface area contributed by atoms with Gasteiger partial charge in [0.25, 0.3) is 0 Å². The summed E-state index contributed by atoms with van der Waals surface area (Å²) >= 11 is 1.67. The van der Waals surface area contributed by atoms with Crippen molar-refractivity contribution in [1.82, 2.24) is 19.7 Å². The van der Waals surface area contributed by atoms with Gasteiger partial charge in [0.1, 0.15) is 0 Å². The monoisotopic (exact) mass is 286 g/mol. The molecule has 3 heterocycles. The summed E-state index contributed by atoms with van der Waals surface area (Å²) in [6, 6.07) is 2.45. The highest BCUT2D eigenvalue weighted by atomic mass is 32.1. The van der Waals surface area contributed by atoms with Crippen molar-refractivity contribution in [2.75, 3.05) is 6.54 Å². The average molecular weight is 286 g/mol. The molecule has 20 heavy (non-hydrogen) atoms. The van der Waals surface area contributed by atoms with Gasteiger partial charge < -0.3 is 5.32 Å². The Morgan fingerprint density at radius 3 is 3.05 bits per heavy atom. The van der Waals surface area contributed by atoms with Crippen molar-refractivity contribution in [2.24, 2.45) is 0 Å². The van der Waals surface area contributed by atoms with Crippen LogP contribution in [0.3, 0.4) is 0 Å². The number of pyridine rings is 1. The molecular weight excluding hydrogens is 268 g/mol. The summed E-state index contributed by atoms with van der Waals surface area (Å²) in [6.45, 7) is 5.13. The van der Waals surface area contributed by atoms with Gasteiger partial charge in [-0.1, -0.05) is 13.0 Å². The molecule has 0 aromatic carbocycles. The number of nitrogens with zero attached hydrogens (tertiary/aromatic N) is 3. The summed E-state index contributed by atoms with van der Waals surface area (Å²) in [4.78, 5) is 10.0. The van der Waals surface area contributed by atoms with Gasteiger partial charge in [0.15, 0.2) is 4.96 Å². The summed E-state index contributed by atoms with van der Waals surface area (Å²) in [5.41, 5.74) is 3.53. The molecule has 0 amide bonds. The van der Waals surface area contributed by atoms with Gasteiger partial charge in [-0.05, 0) is 24.6 Å². The topological polar surface area (TPSA) is 42.2 Å². The SMILES string of the molecule is CCNC(Cc1cn2ccsc2n1)c1cncc(C)c1. The fourth-order valence-corrected chi connectivity index (χ4v) is 3.13. The number of imidazole rings is 1. The molecule has 3 aromatic heterocycles. The highest BCUT2D eigenvalue weighted by Crippen LogP contribution is 2.20. The van der Waals surface area contributed by atoms with Crippen molar-refractivity contribution in [1.29, 1.82) is 0 Å². The van der Waals surface area contributed by atoms with Crippen LogP contribution in [0.2, 0.25) is 0 Å².